The van der Waals surface area contributed by atoms with Gasteiger partial charge < -0.3 is 30.7 Å². The smallest absolute Gasteiger partial charge is 0.260 e. The van der Waals surface area contributed by atoms with Gasteiger partial charge in [0.25, 0.3) is 11.8 Å². The van der Waals surface area contributed by atoms with Crippen molar-refractivity contribution >= 4 is 11.8 Å². The highest BCUT2D eigenvalue weighted by Crippen LogP contribution is 2.31. The van der Waals surface area contributed by atoms with E-state index in [4.69, 9.17) is 20.9 Å². The van der Waals surface area contributed by atoms with Crippen LogP contribution in [0, 0.1) is 5.82 Å². The van der Waals surface area contributed by atoms with Crippen LogP contribution >= 0.6 is 0 Å². The van der Waals surface area contributed by atoms with Gasteiger partial charge in [0.05, 0.1) is 18.8 Å². The quantitative estimate of drug-likeness (QED) is 0.514. The first-order valence-corrected chi connectivity index (χ1v) is 13.2. The molecule has 0 bridgehead atoms. The van der Waals surface area contributed by atoms with Crippen molar-refractivity contribution in [1.29, 1.82) is 0 Å². The highest BCUT2D eigenvalue weighted by atomic mass is 19.1. The second-order valence-corrected chi connectivity index (χ2v) is 10.00. The van der Waals surface area contributed by atoms with E-state index in [1.54, 1.807) is 15.9 Å². The van der Waals surface area contributed by atoms with Crippen LogP contribution in [-0.2, 0) is 9.53 Å². The predicted molar refractivity (Wildman–Crippen MR) is 138 cm³/mol. The summed E-state index contributed by atoms with van der Waals surface area (Å²) in [4.78, 5) is 31.4. The molecule has 3 heterocycles. The lowest BCUT2D eigenvalue weighted by molar-refractivity contribution is -0.149. The number of benzene rings is 1. The molecular formula is C27H37F2N5O4. The Kier molecular flexibility index (Phi) is 9.22. The lowest BCUT2D eigenvalue weighted by Gasteiger charge is -2.40. The van der Waals surface area contributed by atoms with Gasteiger partial charge >= 0.3 is 0 Å². The first kappa shape index (κ1) is 27.8. The van der Waals surface area contributed by atoms with E-state index in [1.807, 2.05) is 0 Å². The molecule has 1 aromatic rings. The Bertz CT molecular complexity index is 1040. The second kappa shape index (κ2) is 12.6. The molecule has 11 heteroatoms. The van der Waals surface area contributed by atoms with Crippen LogP contribution in [0.3, 0.4) is 0 Å². The number of nitrogens with zero attached hydrogens (tertiary/aromatic N) is 3. The number of alkyl halides is 1. The molecule has 0 saturated carbocycles. The van der Waals surface area contributed by atoms with Gasteiger partial charge in [-0.05, 0) is 42.2 Å². The third-order valence-corrected chi connectivity index (χ3v) is 7.46. The number of halogens is 2. The molecule has 2 amide bonds. The van der Waals surface area contributed by atoms with Crippen molar-refractivity contribution < 1.29 is 27.8 Å². The summed E-state index contributed by atoms with van der Waals surface area (Å²) in [6.45, 7) is 3.91. The van der Waals surface area contributed by atoms with Gasteiger partial charge in [0.1, 0.15) is 17.7 Å². The molecule has 3 aliphatic rings. The van der Waals surface area contributed by atoms with Crippen LogP contribution in [0.25, 0.3) is 0 Å². The SMILES string of the molecule is N/C=C\C(=C/N)CN1CCC(F)(C(=O)N2CCC(Oc3ccc(F)cc3C(=O)N3CCOCC3)CC2)CC1. The molecule has 4 N–H and O–H groups in total. The average Bonchev–Trinajstić information content (AvgIpc) is 2.95. The van der Waals surface area contributed by atoms with Gasteiger partial charge in [0.2, 0.25) is 0 Å². The average molecular weight is 534 g/mol. The van der Waals surface area contributed by atoms with Crippen LogP contribution in [0.2, 0.25) is 0 Å². The molecule has 9 nitrogen and oxygen atoms in total. The molecular weight excluding hydrogens is 496 g/mol. The summed E-state index contributed by atoms with van der Waals surface area (Å²) in [5, 5.41) is 0. The minimum atomic E-state index is -1.89. The zero-order valence-electron chi connectivity index (χ0n) is 21.6. The summed E-state index contributed by atoms with van der Waals surface area (Å²) in [7, 11) is 0. The van der Waals surface area contributed by atoms with Crippen LogP contribution in [-0.4, -0.2) is 97.3 Å². The molecule has 0 atom stereocenters. The van der Waals surface area contributed by atoms with Crippen molar-refractivity contribution in [2.75, 3.05) is 59.0 Å². The van der Waals surface area contributed by atoms with E-state index >= 15 is 4.39 Å². The fourth-order valence-electron chi connectivity index (χ4n) is 5.17. The lowest BCUT2D eigenvalue weighted by atomic mass is 9.90. The number of amides is 2. The number of hydrogen-bond donors (Lipinski definition) is 2. The van der Waals surface area contributed by atoms with E-state index in [-0.39, 0.29) is 30.4 Å². The molecule has 0 aliphatic carbocycles. The largest absolute Gasteiger partial charge is 0.489 e. The predicted octanol–water partition coefficient (Wildman–Crippen LogP) is 1.79. The van der Waals surface area contributed by atoms with Crippen molar-refractivity contribution in [1.82, 2.24) is 14.7 Å². The van der Waals surface area contributed by atoms with Crippen LogP contribution in [0.4, 0.5) is 8.78 Å². The summed E-state index contributed by atoms with van der Waals surface area (Å²) >= 11 is 0. The maximum Gasteiger partial charge on any atom is 0.260 e. The topological polar surface area (TPSA) is 114 Å². The normalized spacial score (nSPS) is 21.6. The molecule has 0 unspecified atom stereocenters. The highest BCUT2D eigenvalue weighted by molar-refractivity contribution is 5.97. The van der Waals surface area contributed by atoms with Crippen molar-refractivity contribution in [2.24, 2.45) is 11.5 Å². The molecule has 38 heavy (non-hydrogen) atoms. The lowest BCUT2D eigenvalue weighted by Crippen LogP contribution is -2.54. The van der Waals surface area contributed by atoms with Crippen molar-refractivity contribution in [3.63, 3.8) is 0 Å². The van der Waals surface area contributed by atoms with Crippen LogP contribution in [0.5, 0.6) is 5.75 Å². The van der Waals surface area contributed by atoms with Gasteiger partial charge in [-0.1, -0.05) is 0 Å². The zero-order chi connectivity index (χ0) is 27.1. The van der Waals surface area contributed by atoms with Gasteiger partial charge in [-0.15, -0.1) is 0 Å². The summed E-state index contributed by atoms with van der Waals surface area (Å²) in [6, 6.07) is 3.94. The molecule has 0 spiro atoms. The van der Waals surface area contributed by atoms with Crippen molar-refractivity contribution in [2.45, 2.75) is 37.5 Å². The summed E-state index contributed by atoms with van der Waals surface area (Å²) in [5.74, 6) is -0.969. The van der Waals surface area contributed by atoms with E-state index in [0.717, 1.165) is 5.57 Å². The summed E-state index contributed by atoms with van der Waals surface area (Å²) < 4.78 is 41.1. The standard InChI is InChI=1S/C27H37F2N5O4/c28-21-1-2-24(23(17-21)25(35)33-13-15-37-16-14-33)38-22-4-9-34(10-5-22)26(36)27(29)6-11-32(12-7-27)19-20(18-31)3-8-30/h1-3,8,17-18,22H,4-7,9-16,19,30-31H2/b8-3-,20-18+. The Labute approximate surface area is 222 Å². The Morgan fingerprint density at radius 2 is 1.74 bits per heavy atom. The van der Waals surface area contributed by atoms with Gasteiger partial charge in [0, 0.05) is 71.5 Å². The van der Waals surface area contributed by atoms with E-state index in [2.05, 4.69) is 4.90 Å². The number of carbonyl (C=O) groups is 2. The van der Waals surface area contributed by atoms with Crippen LogP contribution < -0.4 is 16.2 Å². The molecule has 3 fully saturated rings. The number of piperidine rings is 2. The van der Waals surface area contributed by atoms with Crippen LogP contribution in [0.1, 0.15) is 36.0 Å². The number of ether oxygens (including phenoxy) is 2. The van der Waals surface area contributed by atoms with Gasteiger partial charge in [-0.2, -0.15) is 0 Å². The zero-order valence-corrected chi connectivity index (χ0v) is 21.6. The van der Waals surface area contributed by atoms with E-state index in [0.29, 0.717) is 77.6 Å². The maximum absolute atomic E-state index is 15.7. The fraction of sp³-hybridized carbons (Fsp3) is 0.556. The molecule has 1 aromatic carbocycles. The van der Waals surface area contributed by atoms with Crippen LogP contribution in [0.15, 0.2) is 42.2 Å². The number of carbonyl (C=O) groups excluding carboxylic acids is 2. The molecule has 4 rings (SSSR count). The summed E-state index contributed by atoms with van der Waals surface area (Å²) in [6.07, 6.45) is 5.56. The Morgan fingerprint density at radius 3 is 2.37 bits per heavy atom. The molecule has 0 aromatic heterocycles. The van der Waals surface area contributed by atoms with Crippen molar-refractivity contribution in [3.05, 3.63) is 53.6 Å². The fourth-order valence-corrected chi connectivity index (χ4v) is 5.17. The summed E-state index contributed by atoms with van der Waals surface area (Å²) in [5.41, 5.74) is 10.2. The Morgan fingerprint density at radius 1 is 1.05 bits per heavy atom. The maximum atomic E-state index is 15.7. The van der Waals surface area contributed by atoms with Gasteiger partial charge in [-0.25, -0.2) is 8.78 Å². The minimum absolute atomic E-state index is 0.120. The Hall–Kier alpha value is -3.18. The van der Waals surface area contributed by atoms with Crippen molar-refractivity contribution in [3.8, 4) is 5.75 Å². The van der Waals surface area contributed by atoms with Gasteiger partial charge in [-0.3, -0.25) is 14.5 Å². The molecule has 3 aliphatic heterocycles. The number of hydrogen-bond acceptors (Lipinski definition) is 7. The third kappa shape index (κ3) is 6.63. The number of likely N-dealkylation sites (tertiary alicyclic amines) is 2. The number of morpholine rings is 1. The number of rotatable bonds is 7. The van der Waals surface area contributed by atoms with E-state index in [1.165, 1.54) is 30.6 Å². The first-order chi connectivity index (χ1) is 18.3. The minimum Gasteiger partial charge on any atom is -0.489 e. The van der Waals surface area contributed by atoms with Gasteiger partial charge in [0.15, 0.2) is 5.67 Å². The molecule has 3 saturated heterocycles. The second-order valence-electron chi connectivity index (χ2n) is 10.00. The molecule has 208 valence electrons. The number of nitrogens with two attached hydrogens (primary N) is 2. The third-order valence-electron chi connectivity index (χ3n) is 7.46. The van der Waals surface area contributed by atoms with E-state index in [9.17, 15) is 14.0 Å². The monoisotopic (exact) mass is 533 g/mol. The highest BCUT2D eigenvalue weighted by Gasteiger charge is 2.45. The molecule has 0 radical (unpaired) electrons. The van der Waals surface area contributed by atoms with E-state index < -0.39 is 17.4 Å². The Balaban J connectivity index is 1.30. The first-order valence-electron chi connectivity index (χ1n) is 13.2.